The largest absolute Gasteiger partial charge is 0.490 e. The van der Waals surface area contributed by atoms with Crippen LogP contribution < -0.4 is 10.1 Å². The molecule has 4 heteroatoms. The number of aliphatic hydroxyl groups excluding tert-OH is 1. The Labute approximate surface area is 130 Å². The van der Waals surface area contributed by atoms with Gasteiger partial charge >= 0.3 is 0 Å². The van der Waals surface area contributed by atoms with Crippen LogP contribution in [-0.4, -0.2) is 30.9 Å². The molecule has 0 bridgehead atoms. The van der Waals surface area contributed by atoms with Gasteiger partial charge in [-0.05, 0) is 52.4 Å². The molecule has 0 saturated carbocycles. The smallest absolute Gasteiger partial charge is 0.133 e. The zero-order valence-electron chi connectivity index (χ0n) is 12.9. The summed E-state index contributed by atoms with van der Waals surface area (Å²) in [5.41, 5.74) is 1.44. The van der Waals surface area contributed by atoms with Crippen molar-refractivity contribution in [3.8, 4) is 5.75 Å². The number of halogens is 1. The van der Waals surface area contributed by atoms with E-state index >= 15 is 0 Å². The van der Waals surface area contributed by atoms with Crippen molar-refractivity contribution in [3.05, 3.63) is 28.2 Å². The Bertz CT molecular complexity index is 421. The Morgan fingerprint density at radius 1 is 1.40 bits per heavy atom. The summed E-state index contributed by atoms with van der Waals surface area (Å²) < 4.78 is 6.55. The fraction of sp³-hybridized carbons (Fsp3) is 0.625. The molecule has 0 saturated heterocycles. The molecule has 2 N–H and O–H groups in total. The van der Waals surface area contributed by atoms with Crippen molar-refractivity contribution < 1.29 is 9.84 Å². The third-order valence-electron chi connectivity index (χ3n) is 3.46. The molecule has 0 amide bonds. The molecule has 3 nitrogen and oxygen atoms in total. The van der Waals surface area contributed by atoms with Gasteiger partial charge in [0.1, 0.15) is 18.5 Å². The van der Waals surface area contributed by atoms with Gasteiger partial charge < -0.3 is 15.2 Å². The molecule has 1 aromatic rings. The molecule has 0 aliphatic carbocycles. The van der Waals surface area contributed by atoms with Crippen molar-refractivity contribution in [1.29, 1.82) is 0 Å². The summed E-state index contributed by atoms with van der Waals surface area (Å²) in [6.07, 6.45) is 0.610. The van der Waals surface area contributed by atoms with Crippen LogP contribution in [0.15, 0.2) is 22.7 Å². The zero-order chi connectivity index (χ0) is 15.2. The summed E-state index contributed by atoms with van der Waals surface area (Å²) in [4.78, 5) is 0. The van der Waals surface area contributed by atoms with Gasteiger partial charge in [-0.25, -0.2) is 0 Å². The van der Waals surface area contributed by atoms with Crippen LogP contribution in [0.5, 0.6) is 5.75 Å². The van der Waals surface area contributed by atoms with E-state index in [9.17, 15) is 5.11 Å². The molecule has 0 heterocycles. The summed E-state index contributed by atoms with van der Waals surface area (Å²) in [7, 11) is 0. The summed E-state index contributed by atoms with van der Waals surface area (Å²) in [5.74, 6) is 0.767. The normalized spacial score (nSPS) is 13.3. The van der Waals surface area contributed by atoms with E-state index in [0.29, 0.717) is 13.2 Å². The number of aryl methyl sites for hydroxylation is 1. The minimum absolute atomic E-state index is 0.264. The van der Waals surface area contributed by atoms with Crippen LogP contribution in [0.1, 0.15) is 32.8 Å². The summed E-state index contributed by atoms with van der Waals surface area (Å²) >= 11 is 3.46. The highest BCUT2D eigenvalue weighted by molar-refractivity contribution is 9.10. The van der Waals surface area contributed by atoms with Crippen molar-refractivity contribution >= 4 is 15.9 Å². The van der Waals surface area contributed by atoms with Crippen LogP contribution in [0.25, 0.3) is 0 Å². The van der Waals surface area contributed by atoms with Gasteiger partial charge in [-0.3, -0.25) is 0 Å². The molecule has 20 heavy (non-hydrogen) atoms. The van der Waals surface area contributed by atoms with Crippen LogP contribution in [0.4, 0.5) is 0 Å². The van der Waals surface area contributed by atoms with Crippen LogP contribution in [-0.2, 0) is 0 Å². The minimum atomic E-state index is -0.504. The van der Waals surface area contributed by atoms with Gasteiger partial charge in [0.2, 0.25) is 0 Å². The van der Waals surface area contributed by atoms with Gasteiger partial charge in [0, 0.05) is 13.1 Å². The third-order valence-corrected chi connectivity index (χ3v) is 4.08. The zero-order valence-corrected chi connectivity index (χ0v) is 14.5. The lowest BCUT2D eigenvalue weighted by molar-refractivity contribution is 0.103. The second kappa shape index (κ2) is 8.01. The maximum atomic E-state index is 9.92. The third kappa shape index (κ3) is 6.25. The first-order chi connectivity index (χ1) is 9.34. The number of hydrogen-bond donors (Lipinski definition) is 2. The lowest BCUT2D eigenvalue weighted by Crippen LogP contribution is -2.36. The molecule has 0 fully saturated rings. The highest BCUT2D eigenvalue weighted by atomic mass is 79.9. The van der Waals surface area contributed by atoms with E-state index < -0.39 is 6.10 Å². The molecule has 1 unspecified atom stereocenters. The van der Waals surface area contributed by atoms with E-state index in [1.54, 1.807) is 0 Å². The van der Waals surface area contributed by atoms with Gasteiger partial charge in [-0.2, -0.15) is 0 Å². The fourth-order valence-corrected chi connectivity index (χ4v) is 2.28. The van der Waals surface area contributed by atoms with Gasteiger partial charge in [-0.1, -0.05) is 26.8 Å². The lowest BCUT2D eigenvalue weighted by Gasteiger charge is -2.24. The van der Waals surface area contributed by atoms with Crippen molar-refractivity contribution in [1.82, 2.24) is 5.32 Å². The SMILES string of the molecule is CCC(C)(C)CNCC(O)COc1ccc(C)cc1Br. The second-order valence-corrected chi connectivity index (χ2v) is 6.90. The van der Waals surface area contributed by atoms with Crippen molar-refractivity contribution in [2.75, 3.05) is 19.7 Å². The highest BCUT2D eigenvalue weighted by Gasteiger charge is 2.15. The average molecular weight is 344 g/mol. The predicted octanol–water partition coefficient (Wildman–Crippen LogP) is 3.52. The van der Waals surface area contributed by atoms with E-state index in [0.717, 1.165) is 23.2 Å². The number of rotatable bonds is 8. The molecule has 0 aromatic heterocycles. The summed E-state index contributed by atoms with van der Waals surface area (Å²) in [5, 5.41) is 13.2. The Morgan fingerprint density at radius 3 is 2.70 bits per heavy atom. The van der Waals surface area contributed by atoms with E-state index in [1.807, 2.05) is 25.1 Å². The Morgan fingerprint density at radius 2 is 2.10 bits per heavy atom. The Hall–Kier alpha value is -0.580. The maximum Gasteiger partial charge on any atom is 0.133 e. The molecule has 0 radical (unpaired) electrons. The maximum absolute atomic E-state index is 9.92. The predicted molar refractivity (Wildman–Crippen MR) is 87.3 cm³/mol. The molecule has 114 valence electrons. The van der Waals surface area contributed by atoms with Crippen LogP contribution in [0.2, 0.25) is 0 Å². The van der Waals surface area contributed by atoms with E-state index in [1.165, 1.54) is 5.56 Å². The number of aliphatic hydroxyl groups is 1. The van der Waals surface area contributed by atoms with Crippen LogP contribution in [0.3, 0.4) is 0 Å². The van der Waals surface area contributed by atoms with Crippen LogP contribution >= 0.6 is 15.9 Å². The first-order valence-electron chi connectivity index (χ1n) is 7.12. The van der Waals surface area contributed by atoms with Crippen molar-refractivity contribution in [2.24, 2.45) is 5.41 Å². The fourth-order valence-electron chi connectivity index (χ4n) is 1.67. The van der Waals surface area contributed by atoms with E-state index in [2.05, 4.69) is 42.0 Å². The molecule has 0 aliphatic rings. The quantitative estimate of drug-likeness (QED) is 0.758. The molecule has 0 spiro atoms. The number of nitrogens with one attached hydrogen (secondary N) is 1. The molecule has 1 rings (SSSR count). The second-order valence-electron chi connectivity index (χ2n) is 6.05. The topological polar surface area (TPSA) is 41.5 Å². The Kier molecular flexibility index (Phi) is 7.00. The number of hydrogen-bond acceptors (Lipinski definition) is 3. The summed E-state index contributed by atoms with van der Waals surface area (Å²) in [6, 6.07) is 5.91. The molecular weight excluding hydrogens is 318 g/mol. The monoisotopic (exact) mass is 343 g/mol. The van der Waals surface area contributed by atoms with Crippen molar-refractivity contribution in [3.63, 3.8) is 0 Å². The number of benzene rings is 1. The van der Waals surface area contributed by atoms with Gasteiger partial charge in [0.25, 0.3) is 0 Å². The standard InChI is InChI=1S/C16H26BrNO2/c1-5-16(3,4)11-18-9-13(19)10-20-15-7-6-12(2)8-14(15)17/h6-8,13,18-19H,5,9-11H2,1-4H3. The van der Waals surface area contributed by atoms with Crippen LogP contribution in [0, 0.1) is 12.3 Å². The average Bonchev–Trinajstić information content (AvgIpc) is 2.37. The summed E-state index contributed by atoms with van der Waals surface area (Å²) in [6.45, 7) is 10.4. The number of ether oxygens (including phenoxy) is 1. The van der Waals surface area contributed by atoms with Crippen molar-refractivity contribution in [2.45, 2.75) is 40.2 Å². The first-order valence-corrected chi connectivity index (χ1v) is 7.91. The van der Waals surface area contributed by atoms with Gasteiger partial charge in [0.15, 0.2) is 0 Å². The first kappa shape index (κ1) is 17.5. The highest BCUT2D eigenvalue weighted by Crippen LogP contribution is 2.25. The van der Waals surface area contributed by atoms with E-state index in [4.69, 9.17) is 4.74 Å². The molecular formula is C16H26BrNO2. The van der Waals surface area contributed by atoms with E-state index in [-0.39, 0.29) is 5.41 Å². The van der Waals surface area contributed by atoms with Gasteiger partial charge in [0.05, 0.1) is 4.47 Å². The Balaban J connectivity index is 2.31. The molecule has 1 atom stereocenters. The molecule has 0 aliphatic heterocycles. The van der Waals surface area contributed by atoms with Gasteiger partial charge in [-0.15, -0.1) is 0 Å². The lowest BCUT2D eigenvalue weighted by atomic mass is 9.90. The minimum Gasteiger partial charge on any atom is -0.490 e. The molecule has 1 aromatic carbocycles.